The summed E-state index contributed by atoms with van der Waals surface area (Å²) in [6.45, 7) is 7.59. The Morgan fingerprint density at radius 3 is 2.33 bits per heavy atom. The summed E-state index contributed by atoms with van der Waals surface area (Å²) in [4.78, 5) is 18.1. The molecule has 1 amide bonds. The van der Waals surface area contributed by atoms with Crippen molar-refractivity contribution in [1.29, 1.82) is 0 Å². The van der Waals surface area contributed by atoms with Gasteiger partial charge in [-0.2, -0.15) is 0 Å². The molecular weight excluding hydrogens is 356 g/mol. The van der Waals surface area contributed by atoms with Crippen LogP contribution in [-0.2, 0) is 4.79 Å². The van der Waals surface area contributed by atoms with Crippen LogP contribution in [0, 0.1) is 13.8 Å². The quantitative estimate of drug-likeness (QED) is 0.701. The normalized spacial score (nSPS) is 14.3. The van der Waals surface area contributed by atoms with E-state index in [1.54, 1.807) is 18.9 Å². The van der Waals surface area contributed by atoms with Crippen molar-refractivity contribution in [1.82, 2.24) is 4.90 Å². The van der Waals surface area contributed by atoms with Gasteiger partial charge in [-0.1, -0.05) is 6.07 Å². The molecule has 27 heavy (non-hydrogen) atoms. The van der Waals surface area contributed by atoms with Gasteiger partial charge >= 0.3 is 0 Å². The van der Waals surface area contributed by atoms with Crippen molar-refractivity contribution >= 4 is 23.4 Å². The zero-order valence-corrected chi connectivity index (χ0v) is 17.2. The van der Waals surface area contributed by atoms with Gasteiger partial charge in [-0.05, 0) is 61.4 Å². The van der Waals surface area contributed by atoms with E-state index in [0.717, 1.165) is 37.7 Å². The minimum Gasteiger partial charge on any atom is -0.497 e. The molecule has 0 saturated carbocycles. The minimum atomic E-state index is 0.265. The third-order valence-corrected chi connectivity index (χ3v) is 6.13. The molecule has 0 aromatic heterocycles. The van der Waals surface area contributed by atoms with Crippen LogP contribution in [0.15, 0.2) is 47.4 Å². The molecule has 0 aliphatic carbocycles. The van der Waals surface area contributed by atoms with E-state index >= 15 is 0 Å². The van der Waals surface area contributed by atoms with Crippen molar-refractivity contribution in [3.05, 3.63) is 53.6 Å². The smallest absolute Gasteiger partial charge is 0.223 e. The topological polar surface area (TPSA) is 32.8 Å². The van der Waals surface area contributed by atoms with E-state index in [9.17, 15) is 4.79 Å². The van der Waals surface area contributed by atoms with Crippen molar-refractivity contribution in [2.24, 2.45) is 0 Å². The van der Waals surface area contributed by atoms with Crippen LogP contribution in [0.5, 0.6) is 5.75 Å². The number of aryl methyl sites for hydroxylation is 2. The SMILES string of the molecule is COc1ccc(N2CCN(C(=O)CCSc3ccc(C)c(C)c3)CC2)cc1. The van der Waals surface area contributed by atoms with E-state index < -0.39 is 0 Å². The number of amides is 1. The van der Waals surface area contributed by atoms with Crippen LogP contribution in [0.1, 0.15) is 17.5 Å². The standard InChI is InChI=1S/C22H28N2O2S/c1-17-4-9-21(16-18(17)2)27-15-10-22(25)24-13-11-23(12-14-24)19-5-7-20(26-3)8-6-19/h4-9,16H,10-15H2,1-3H3. The number of thioether (sulfide) groups is 1. The van der Waals surface area contributed by atoms with Gasteiger partial charge < -0.3 is 14.5 Å². The lowest BCUT2D eigenvalue weighted by Crippen LogP contribution is -2.48. The third kappa shape index (κ3) is 5.19. The number of methoxy groups -OCH3 is 1. The largest absolute Gasteiger partial charge is 0.497 e. The van der Waals surface area contributed by atoms with E-state index in [2.05, 4.69) is 49.1 Å². The van der Waals surface area contributed by atoms with Crippen molar-refractivity contribution in [2.45, 2.75) is 25.2 Å². The number of ether oxygens (including phenoxy) is 1. The van der Waals surface area contributed by atoms with E-state index in [4.69, 9.17) is 4.74 Å². The average molecular weight is 385 g/mol. The van der Waals surface area contributed by atoms with Crippen molar-refractivity contribution in [2.75, 3.05) is 43.9 Å². The van der Waals surface area contributed by atoms with Gasteiger partial charge in [-0.25, -0.2) is 0 Å². The van der Waals surface area contributed by atoms with Crippen LogP contribution < -0.4 is 9.64 Å². The Morgan fingerprint density at radius 1 is 1.00 bits per heavy atom. The molecule has 0 spiro atoms. The highest BCUT2D eigenvalue weighted by molar-refractivity contribution is 7.99. The number of hydrogen-bond acceptors (Lipinski definition) is 4. The molecule has 1 heterocycles. The molecule has 144 valence electrons. The van der Waals surface area contributed by atoms with Crippen LogP contribution in [-0.4, -0.2) is 49.8 Å². The summed E-state index contributed by atoms with van der Waals surface area (Å²) in [6.07, 6.45) is 0.597. The van der Waals surface area contributed by atoms with Crippen LogP contribution >= 0.6 is 11.8 Å². The van der Waals surface area contributed by atoms with E-state index in [-0.39, 0.29) is 5.91 Å². The number of nitrogens with zero attached hydrogens (tertiary/aromatic N) is 2. The molecule has 1 saturated heterocycles. The van der Waals surface area contributed by atoms with E-state index in [1.165, 1.54) is 21.7 Å². The molecule has 0 unspecified atom stereocenters. The highest BCUT2D eigenvalue weighted by Crippen LogP contribution is 2.23. The lowest BCUT2D eigenvalue weighted by molar-refractivity contribution is -0.131. The van der Waals surface area contributed by atoms with Crippen LogP contribution in [0.25, 0.3) is 0 Å². The summed E-state index contributed by atoms with van der Waals surface area (Å²) in [6, 6.07) is 14.6. The average Bonchev–Trinajstić information content (AvgIpc) is 2.71. The second-order valence-electron chi connectivity index (χ2n) is 6.91. The summed E-state index contributed by atoms with van der Waals surface area (Å²) >= 11 is 1.77. The fourth-order valence-corrected chi connectivity index (χ4v) is 4.16. The van der Waals surface area contributed by atoms with Gasteiger partial charge in [0.1, 0.15) is 5.75 Å². The number of hydrogen-bond donors (Lipinski definition) is 0. The second-order valence-corrected chi connectivity index (χ2v) is 8.08. The Hall–Kier alpha value is -2.14. The van der Waals surface area contributed by atoms with Gasteiger partial charge in [0.2, 0.25) is 5.91 Å². The van der Waals surface area contributed by atoms with Gasteiger partial charge in [-0.3, -0.25) is 4.79 Å². The Labute approximate surface area is 166 Å². The molecule has 3 rings (SSSR count). The lowest BCUT2D eigenvalue weighted by atomic mass is 10.1. The Bertz CT molecular complexity index is 768. The fraction of sp³-hybridized carbons (Fsp3) is 0.409. The lowest BCUT2D eigenvalue weighted by Gasteiger charge is -2.36. The molecule has 2 aromatic rings. The van der Waals surface area contributed by atoms with E-state index in [1.807, 2.05) is 17.0 Å². The number of benzene rings is 2. The van der Waals surface area contributed by atoms with Gasteiger partial charge in [-0.15, -0.1) is 11.8 Å². The van der Waals surface area contributed by atoms with Gasteiger partial charge in [0.05, 0.1) is 7.11 Å². The predicted molar refractivity (Wildman–Crippen MR) is 113 cm³/mol. The zero-order valence-electron chi connectivity index (χ0n) is 16.4. The zero-order chi connectivity index (χ0) is 19.2. The Morgan fingerprint density at radius 2 is 1.70 bits per heavy atom. The minimum absolute atomic E-state index is 0.265. The highest BCUT2D eigenvalue weighted by atomic mass is 32.2. The molecule has 0 bridgehead atoms. The first-order chi connectivity index (χ1) is 13.1. The van der Waals surface area contributed by atoms with Gasteiger partial charge in [0.25, 0.3) is 0 Å². The second kappa shape index (κ2) is 9.18. The number of rotatable bonds is 6. The Kier molecular flexibility index (Phi) is 6.67. The molecule has 0 radical (unpaired) electrons. The van der Waals surface area contributed by atoms with Crippen LogP contribution in [0.3, 0.4) is 0 Å². The van der Waals surface area contributed by atoms with Gasteiger partial charge in [0.15, 0.2) is 0 Å². The van der Waals surface area contributed by atoms with Crippen LogP contribution in [0.4, 0.5) is 5.69 Å². The molecule has 5 heteroatoms. The number of anilines is 1. The summed E-state index contributed by atoms with van der Waals surface area (Å²) < 4.78 is 5.21. The van der Waals surface area contributed by atoms with Crippen molar-refractivity contribution in [3.63, 3.8) is 0 Å². The van der Waals surface area contributed by atoms with Crippen LogP contribution in [0.2, 0.25) is 0 Å². The van der Waals surface area contributed by atoms with E-state index in [0.29, 0.717) is 6.42 Å². The molecule has 0 N–H and O–H groups in total. The first kappa shape index (κ1) is 19.6. The number of carbonyl (C=O) groups excluding carboxylic acids is 1. The molecule has 1 aliphatic rings. The molecule has 1 aliphatic heterocycles. The summed E-state index contributed by atoms with van der Waals surface area (Å²) in [5.74, 6) is 1.97. The van der Waals surface area contributed by atoms with Gasteiger partial charge in [0, 0.05) is 48.9 Å². The predicted octanol–water partition coefficient (Wildman–Crippen LogP) is 4.14. The van der Waals surface area contributed by atoms with Crippen molar-refractivity contribution < 1.29 is 9.53 Å². The summed E-state index contributed by atoms with van der Waals surface area (Å²) in [5.41, 5.74) is 3.80. The maximum absolute atomic E-state index is 12.5. The first-order valence-electron chi connectivity index (χ1n) is 9.43. The summed E-state index contributed by atoms with van der Waals surface area (Å²) in [5, 5.41) is 0. The summed E-state index contributed by atoms with van der Waals surface area (Å²) in [7, 11) is 1.68. The highest BCUT2D eigenvalue weighted by Gasteiger charge is 2.21. The number of carbonyl (C=O) groups is 1. The first-order valence-corrected chi connectivity index (χ1v) is 10.4. The van der Waals surface area contributed by atoms with Crippen molar-refractivity contribution in [3.8, 4) is 5.75 Å². The maximum Gasteiger partial charge on any atom is 0.223 e. The maximum atomic E-state index is 12.5. The molecule has 4 nitrogen and oxygen atoms in total. The molecule has 2 aromatic carbocycles. The fourth-order valence-electron chi connectivity index (χ4n) is 3.23. The Balaban J connectivity index is 1.43. The number of piperazine rings is 1. The monoisotopic (exact) mass is 384 g/mol. The molecule has 0 atom stereocenters. The molecule has 1 fully saturated rings. The third-order valence-electron chi connectivity index (χ3n) is 5.13. The molecular formula is C22H28N2O2S.